The minimum absolute atomic E-state index is 0.110. The van der Waals surface area contributed by atoms with Gasteiger partial charge in [-0.25, -0.2) is 0 Å². The molecule has 1 amide bonds. The van der Waals surface area contributed by atoms with Crippen LogP contribution in [0.1, 0.15) is 38.5 Å². The molecule has 1 saturated carbocycles. The first-order valence-electron chi connectivity index (χ1n) is 8.35. The number of likely N-dealkylation sites (tertiary alicyclic amines) is 1. The summed E-state index contributed by atoms with van der Waals surface area (Å²) in [6.07, 6.45) is 6.89. The van der Waals surface area contributed by atoms with Crippen molar-refractivity contribution in [3.05, 3.63) is 0 Å². The van der Waals surface area contributed by atoms with E-state index >= 15 is 0 Å². The van der Waals surface area contributed by atoms with Gasteiger partial charge in [0.2, 0.25) is 5.91 Å². The van der Waals surface area contributed by atoms with Crippen LogP contribution in [0.15, 0.2) is 0 Å². The maximum atomic E-state index is 12.5. The molecule has 0 aromatic heterocycles. The monoisotopic (exact) mass is 296 g/mol. The zero-order valence-electron chi connectivity index (χ0n) is 13.1. The molecule has 0 aromatic carbocycles. The summed E-state index contributed by atoms with van der Waals surface area (Å²) in [5.41, 5.74) is -0.110. The Morgan fingerprint density at radius 3 is 2.71 bits per heavy atom. The lowest BCUT2D eigenvalue weighted by Crippen LogP contribution is -2.62. The summed E-state index contributed by atoms with van der Waals surface area (Å²) < 4.78 is 10.8. The second kappa shape index (κ2) is 6.63. The molecule has 0 radical (unpaired) electrons. The van der Waals surface area contributed by atoms with Gasteiger partial charge in [-0.1, -0.05) is 19.3 Å². The van der Waals surface area contributed by atoms with Crippen molar-refractivity contribution in [1.82, 2.24) is 10.2 Å². The summed E-state index contributed by atoms with van der Waals surface area (Å²) in [5.74, 6) is 0.380. The fourth-order valence-corrected chi connectivity index (χ4v) is 3.96. The number of nitrogens with zero attached hydrogens (tertiary/aromatic N) is 1. The van der Waals surface area contributed by atoms with E-state index in [1.807, 2.05) is 0 Å². The number of rotatable bonds is 5. The molecule has 5 heteroatoms. The molecule has 1 aliphatic carbocycles. The molecule has 2 heterocycles. The van der Waals surface area contributed by atoms with E-state index in [1.54, 1.807) is 7.11 Å². The quantitative estimate of drug-likeness (QED) is 0.827. The Kier molecular flexibility index (Phi) is 4.82. The van der Waals surface area contributed by atoms with E-state index in [-0.39, 0.29) is 17.4 Å². The van der Waals surface area contributed by atoms with E-state index in [0.717, 1.165) is 45.6 Å². The van der Waals surface area contributed by atoms with Gasteiger partial charge in [0.15, 0.2) is 0 Å². The molecule has 120 valence electrons. The normalized spacial score (nSPS) is 30.0. The summed E-state index contributed by atoms with van der Waals surface area (Å²) in [7, 11) is 1.73. The van der Waals surface area contributed by atoms with Gasteiger partial charge in [0, 0.05) is 32.8 Å². The Morgan fingerprint density at radius 1 is 1.33 bits per heavy atom. The van der Waals surface area contributed by atoms with Crippen LogP contribution in [0.4, 0.5) is 0 Å². The van der Waals surface area contributed by atoms with Crippen LogP contribution in [0.25, 0.3) is 0 Å². The molecule has 3 fully saturated rings. The number of carbonyl (C=O) groups is 1. The molecule has 2 aliphatic heterocycles. The molecule has 5 nitrogen and oxygen atoms in total. The topological polar surface area (TPSA) is 50.8 Å². The second-order valence-electron chi connectivity index (χ2n) is 6.93. The van der Waals surface area contributed by atoms with E-state index in [1.165, 1.54) is 19.3 Å². The first-order valence-corrected chi connectivity index (χ1v) is 8.35. The standard InChI is InChI=1S/C16H28N2O3/c1-20-12-16(6-3-2-4-7-16)17-15(19)13-9-18(10-13)14-5-8-21-11-14/h13-14H,2-12H2,1H3,(H,17,19). The van der Waals surface area contributed by atoms with Crippen LogP contribution in [-0.4, -0.2) is 62.4 Å². The van der Waals surface area contributed by atoms with Gasteiger partial charge in [0.1, 0.15) is 0 Å². The smallest absolute Gasteiger partial charge is 0.226 e. The van der Waals surface area contributed by atoms with E-state index in [4.69, 9.17) is 9.47 Å². The van der Waals surface area contributed by atoms with Gasteiger partial charge in [0.25, 0.3) is 0 Å². The van der Waals surface area contributed by atoms with E-state index in [0.29, 0.717) is 12.6 Å². The number of methoxy groups -OCH3 is 1. The third kappa shape index (κ3) is 3.41. The molecule has 0 aromatic rings. The minimum Gasteiger partial charge on any atom is -0.382 e. The lowest BCUT2D eigenvalue weighted by atomic mass is 9.81. The van der Waals surface area contributed by atoms with Gasteiger partial charge in [0.05, 0.1) is 24.7 Å². The summed E-state index contributed by atoms with van der Waals surface area (Å²) in [4.78, 5) is 14.9. The molecule has 3 aliphatic rings. The lowest BCUT2D eigenvalue weighted by Gasteiger charge is -2.44. The Hall–Kier alpha value is -0.650. The van der Waals surface area contributed by atoms with Gasteiger partial charge in [-0.3, -0.25) is 9.69 Å². The Balaban J connectivity index is 1.49. The van der Waals surface area contributed by atoms with Gasteiger partial charge in [-0.05, 0) is 19.3 Å². The zero-order chi connectivity index (χ0) is 14.7. The molecule has 2 saturated heterocycles. The number of carbonyl (C=O) groups excluding carboxylic acids is 1. The van der Waals surface area contributed by atoms with Crippen LogP contribution < -0.4 is 5.32 Å². The molecule has 1 N–H and O–H groups in total. The summed E-state index contributed by atoms with van der Waals surface area (Å²) in [6, 6.07) is 0.539. The van der Waals surface area contributed by atoms with Crippen molar-refractivity contribution >= 4 is 5.91 Å². The first kappa shape index (κ1) is 15.3. The maximum Gasteiger partial charge on any atom is 0.226 e. The average molecular weight is 296 g/mol. The van der Waals surface area contributed by atoms with Crippen LogP contribution in [0.3, 0.4) is 0 Å². The number of amides is 1. The Morgan fingerprint density at radius 2 is 2.10 bits per heavy atom. The van der Waals surface area contributed by atoms with Crippen molar-refractivity contribution in [1.29, 1.82) is 0 Å². The van der Waals surface area contributed by atoms with Crippen LogP contribution in [-0.2, 0) is 14.3 Å². The molecular formula is C16H28N2O3. The Bertz CT molecular complexity index is 351. The molecule has 1 unspecified atom stereocenters. The van der Waals surface area contributed by atoms with Crippen molar-refractivity contribution in [2.24, 2.45) is 5.92 Å². The van der Waals surface area contributed by atoms with Gasteiger partial charge >= 0.3 is 0 Å². The summed E-state index contributed by atoms with van der Waals surface area (Å²) >= 11 is 0. The highest BCUT2D eigenvalue weighted by Gasteiger charge is 2.41. The van der Waals surface area contributed by atoms with E-state index < -0.39 is 0 Å². The van der Waals surface area contributed by atoms with Crippen LogP contribution in [0.5, 0.6) is 0 Å². The Labute approximate surface area is 127 Å². The minimum atomic E-state index is -0.110. The predicted octanol–water partition coefficient (Wildman–Crippen LogP) is 1.17. The number of hydrogen-bond donors (Lipinski definition) is 1. The van der Waals surface area contributed by atoms with Crippen molar-refractivity contribution < 1.29 is 14.3 Å². The highest BCUT2D eigenvalue weighted by Crippen LogP contribution is 2.30. The third-order valence-corrected chi connectivity index (χ3v) is 5.32. The molecule has 3 rings (SSSR count). The van der Waals surface area contributed by atoms with E-state index in [2.05, 4.69) is 10.2 Å². The van der Waals surface area contributed by atoms with Gasteiger partial charge in [-0.15, -0.1) is 0 Å². The van der Waals surface area contributed by atoms with Crippen molar-refractivity contribution in [2.45, 2.75) is 50.1 Å². The molecule has 0 spiro atoms. The largest absolute Gasteiger partial charge is 0.382 e. The number of nitrogens with one attached hydrogen (secondary N) is 1. The van der Waals surface area contributed by atoms with Crippen LogP contribution in [0.2, 0.25) is 0 Å². The molecule has 0 bridgehead atoms. The SMILES string of the molecule is COCC1(NC(=O)C2CN(C3CCOC3)C2)CCCCC1. The maximum absolute atomic E-state index is 12.5. The highest BCUT2D eigenvalue weighted by molar-refractivity contribution is 5.80. The van der Waals surface area contributed by atoms with Crippen molar-refractivity contribution in [3.63, 3.8) is 0 Å². The summed E-state index contributed by atoms with van der Waals surface area (Å²) in [6.45, 7) is 4.13. The zero-order valence-corrected chi connectivity index (χ0v) is 13.1. The van der Waals surface area contributed by atoms with Gasteiger partial charge < -0.3 is 14.8 Å². The fourth-order valence-electron chi connectivity index (χ4n) is 3.96. The second-order valence-corrected chi connectivity index (χ2v) is 6.93. The van der Waals surface area contributed by atoms with Crippen LogP contribution in [0, 0.1) is 5.92 Å². The predicted molar refractivity (Wildman–Crippen MR) is 80.1 cm³/mol. The number of hydrogen-bond acceptors (Lipinski definition) is 4. The first-order chi connectivity index (χ1) is 10.2. The van der Waals surface area contributed by atoms with E-state index in [9.17, 15) is 4.79 Å². The molecule has 1 atom stereocenters. The van der Waals surface area contributed by atoms with Crippen molar-refractivity contribution in [2.75, 3.05) is 40.0 Å². The fraction of sp³-hybridized carbons (Fsp3) is 0.938. The van der Waals surface area contributed by atoms with Gasteiger partial charge in [-0.2, -0.15) is 0 Å². The number of ether oxygens (including phenoxy) is 2. The highest BCUT2D eigenvalue weighted by atomic mass is 16.5. The van der Waals surface area contributed by atoms with Crippen molar-refractivity contribution in [3.8, 4) is 0 Å². The van der Waals surface area contributed by atoms with Crippen LogP contribution >= 0.6 is 0 Å². The third-order valence-electron chi connectivity index (χ3n) is 5.32. The average Bonchev–Trinajstić information content (AvgIpc) is 2.92. The summed E-state index contributed by atoms with van der Waals surface area (Å²) in [5, 5.41) is 3.32. The lowest BCUT2D eigenvalue weighted by molar-refractivity contribution is -0.134. The molecular weight excluding hydrogens is 268 g/mol. The molecule has 21 heavy (non-hydrogen) atoms.